The third-order valence-electron chi connectivity index (χ3n) is 3.19. The van der Waals surface area contributed by atoms with Crippen LogP contribution in [0.25, 0.3) is 0 Å². The van der Waals surface area contributed by atoms with Crippen molar-refractivity contribution in [2.75, 3.05) is 0 Å². The Balaban J connectivity index is 0.00000176. The summed E-state index contributed by atoms with van der Waals surface area (Å²) in [6, 6.07) is 8.59. The van der Waals surface area contributed by atoms with Crippen molar-refractivity contribution >= 4 is 35.3 Å². The Kier molecular flexibility index (Phi) is 4.90. The maximum absolute atomic E-state index is 12.4. The van der Waals surface area contributed by atoms with Gasteiger partial charge in [0.1, 0.15) is 0 Å². The predicted molar refractivity (Wildman–Crippen MR) is 88.1 cm³/mol. The topological polar surface area (TPSA) is 52.0 Å². The molecule has 3 rings (SSSR count). The molecule has 0 unspecified atom stereocenters. The number of hydrogen-bond donors (Lipinski definition) is 0. The fraction of sp³-hybridized carbons (Fsp3) is 0.0625. The highest BCUT2D eigenvalue weighted by atomic mass is 35.5. The quantitative estimate of drug-likeness (QED) is 0.688. The molecule has 0 bridgehead atoms. The maximum atomic E-state index is 12.4. The van der Waals surface area contributed by atoms with Gasteiger partial charge in [-0.05, 0) is 29.6 Å². The van der Waals surface area contributed by atoms with E-state index in [2.05, 4.69) is 4.98 Å². The van der Waals surface area contributed by atoms with Gasteiger partial charge in [0.15, 0.2) is 5.78 Å². The minimum Gasteiger partial charge on any atom is -0.347 e. The van der Waals surface area contributed by atoms with Gasteiger partial charge in [-0.1, -0.05) is 6.07 Å². The van der Waals surface area contributed by atoms with E-state index >= 15 is 0 Å². The van der Waals surface area contributed by atoms with Crippen LogP contribution in [-0.2, 0) is 7.05 Å². The van der Waals surface area contributed by atoms with Crippen molar-refractivity contribution in [3.63, 3.8) is 0 Å². The van der Waals surface area contributed by atoms with E-state index in [4.69, 9.17) is 0 Å². The second-order valence-electron chi connectivity index (χ2n) is 4.60. The summed E-state index contributed by atoms with van der Waals surface area (Å²) in [5.74, 6) is -0.181. The number of halogens is 1. The van der Waals surface area contributed by atoms with Crippen LogP contribution in [0.15, 0.2) is 54.3 Å². The van der Waals surface area contributed by atoms with E-state index in [1.54, 1.807) is 54.5 Å². The van der Waals surface area contributed by atoms with Crippen LogP contribution < -0.4 is 0 Å². The molecular weight excluding hydrogens is 320 g/mol. The number of aromatic nitrogens is 2. The van der Waals surface area contributed by atoms with Gasteiger partial charge in [0.2, 0.25) is 5.78 Å². The lowest BCUT2D eigenvalue weighted by Gasteiger charge is -1.98. The molecule has 3 aromatic heterocycles. The monoisotopic (exact) mass is 332 g/mol. The Hall–Kier alpha value is -2.24. The zero-order chi connectivity index (χ0) is 14.8. The third kappa shape index (κ3) is 3.00. The molecule has 22 heavy (non-hydrogen) atoms. The summed E-state index contributed by atoms with van der Waals surface area (Å²) in [5, 5.41) is 1.86. The Morgan fingerprint density at radius 3 is 2.45 bits per heavy atom. The Morgan fingerprint density at radius 1 is 1.09 bits per heavy atom. The van der Waals surface area contributed by atoms with Crippen LogP contribution in [0.1, 0.15) is 31.3 Å². The van der Waals surface area contributed by atoms with Gasteiger partial charge in [-0.2, -0.15) is 0 Å². The van der Waals surface area contributed by atoms with E-state index in [0.717, 1.165) is 0 Å². The summed E-state index contributed by atoms with van der Waals surface area (Å²) in [7, 11) is 1.77. The Bertz CT molecular complexity index is 795. The molecule has 0 aliphatic heterocycles. The number of nitrogens with zero attached hydrogens (tertiary/aromatic N) is 2. The summed E-state index contributed by atoms with van der Waals surface area (Å²) in [6.45, 7) is 0. The standard InChI is InChI=1S/C16H12N2O2S.ClH/c1-18-10-12(15(19)11-4-6-17-7-5-11)9-13(18)16(20)14-3-2-8-21-14;/h2-10H,1H3;1H. The molecule has 3 heterocycles. The SMILES string of the molecule is Cl.Cn1cc(C(=O)c2ccncc2)cc1C(=O)c1cccs1. The second-order valence-corrected chi connectivity index (χ2v) is 5.54. The van der Waals surface area contributed by atoms with Crippen molar-refractivity contribution in [1.82, 2.24) is 9.55 Å². The van der Waals surface area contributed by atoms with Crippen molar-refractivity contribution in [2.24, 2.45) is 7.05 Å². The van der Waals surface area contributed by atoms with Gasteiger partial charge in [0, 0.05) is 36.8 Å². The fourth-order valence-corrected chi connectivity index (χ4v) is 2.79. The molecule has 0 saturated carbocycles. The van der Waals surface area contributed by atoms with E-state index < -0.39 is 0 Å². The highest BCUT2D eigenvalue weighted by Gasteiger charge is 2.18. The van der Waals surface area contributed by atoms with Gasteiger partial charge in [0.25, 0.3) is 0 Å². The lowest BCUT2D eigenvalue weighted by molar-refractivity contribution is 0.103. The summed E-state index contributed by atoms with van der Waals surface area (Å²) in [4.78, 5) is 29.3. The smallest absolute Gasteiger partial charge is 0.219 e. The number of thiophene rings is 1. The largest absolute Gasteiger partial charge is 0.347 e. The third-order valence-corrected chi connectivity index (χ3v) is 4.06. The van der Waals surface area contributed by atoms with Crippen molar-refractivity contribution in [3.05, 3.63) is 76.0 Å². The van der Waals surface area contributed by atoms with Gasteiger partial charge in [-0.3, -0.25) is 14.6 Å². The zero-order valence-electron chi connectivity index (χ0n) is 11.7. The normalized spacial score (nSPS) is 10.0. The highest BCUT2D eigenvalue weighted by molar-refractivity contribution is 7.12. The van der Waals surface area contributed by atoms with Gasteiger partial charge in [0.05, 0.1) is 10.6 Å². The molecule has 4 nitrogen and oxygen atoms in total. The molecule has 0 radical (unpaired) electrons. The van der Waals surface area contributed by atoms with Crippen LogP contribution in [-0.4, -0.2) is 21.1 Å². The van der Waals surface area contributed by atoms with Crippen molar-refractivity contribution in [3.8, 4) is 0 Å². The minimum absolute atomic E-state index is 0. The molecule has 0 fully saturated rings. The van der Waals surface area contributed by atoms with E-state index in [0.29, 0.717) is 21.7 Å². The number of ketones is 2. The van der Waals surface area contributed by atoms with Crippen LogP contribution in [0.3, 0.4) is 0 Å². The van der Waals surface area contributed by atoms with Crippen LogP contribution in [0.2, 0.25) is 0 Å². The van der Waals surface area contributed by atoms with Crippen molar-refractivity contribution in [2.45, 2.75) is 0 Å². The molecule has 0 amide bonds. The highest BCUT2D eigenvalue weighted by Crippen LogP contribution is 2.18. The molecule has 3 aromatic rings. The second kappa shape index (κ2) is 6.68. The molecule has 6 heteroatoms. The molecule has 0 atom stereocenters. The van der Waals surface area contributed by atoms with E-state index in [9.17, 15) is 9.59 Å². The molecule has 0 spiro atoms. The first-order valence-corrected chi connectivity index (χ1v) is 7.24. The zero-order valence-corrected chi connectivity index (χ0v) is 13.4. The first kappa shape index (κ1) is 16.1. The molecule has 0 saturated heterocycles. The Labute approximate surface area is 137 Å². The molecule has 0 N–H and O–H groups in total. The van der Waals surface area contributed by atoms with Gasteiger partial charge in [-0.25, -0.2) is 0 Å². The number of carbonyl (C=O) groups is 2. The molecular formula is C16H13ClN2O2S. The molecule has 0 aliphatic carbocycles. The average Bonchev–Trinajstić information content (AvgIpc) is 3.16. The van der Waals surface area contributed by atoms with Crippen LogP contribution in [0.5, 0.6) is 0 Å². The minimum atomic E-state index is -0.113. The van der Waals surface area contributed by atoms with Gasteiger partial charge < -0.3 is 4.57 Å². The fourth-order valence-electron chi connectivity index (χ4n) is 2.12. The number of hydrogen-bond acceptors (Lipinski definition) is 4. The maximum Gasteiger partial charge on any atom is 0.219 e. The van der Waals surface area contributed by atoms with Gasteiger partial charge >= 0.3 is 0 Å². The number of carbonyl (C=O) groups excluding carboxylic acids is 2. The van der Waals surface area contributed by atoms with E-state index in [-0.39, 0.29) is 24.0 Å². The lowest BCUT2D eigenvalue weighted by atomic mass is 10.1. The van der Waals surface area contributed by atoms with E-state index in [1.165, 1.54) is 11.3 Å². The summed E-state index contributed by atoms with van der Waals surface area (Å²) in [5.41, 5.74) is 1.57. The van der Waals surface area contributed by atoms with Crippen LogP contribution in [0.4, 0.5) is 0 Å². The summed E-state index contributed by atoms with van der Waals surface area (Å²) >= 11 is 1.39. The summed E-state index contributed by atoms with van der Waals surface area (Å²) < 4.78 is 1.69. The van der Waals surface area contributed by atoms with Gasteiger partial charge in [-0.15, -0.1) is 23.7 Å². The summed E-state index contributed by atoms with van der Waals surface area (Å²) in [6.07, 6.45) is 4.84. The lowest BCUT2D eigenvalue weighted by Crippen LogP contribution is -2.04. The van der Waals surface area contributed by atoms with E-state index in [1.807, 2.05) is 11.4 Å². The number of rotatable bonds is 4. The van der Waals surface area contributed by atoms with Crippen molar-refractivity contribution in [1.29, 1.82) is 0 Å². The van der Waals surface area contributed by atoms with Crippen LogP contribution >= 0.6 is 23.7 Å². The van der Waals surface area contributed by atoms with Crippen LogP contribution in [0, 0.1) is 0 Å². The first-order chi connectivity index (χ1) is 10.2. The number of pyridine rings is 1. The van der Waals surface area contributed by atoms with Crippen molar-refractivity contribution < 1.29 is 9.59 Å². The Morgan fingerprint density at radius 2 is 1.82 bits per heavy atom. The number of aryl methyl sites for hydroxylation is 1. The molecule has 112 valence electrons. The molecule has 0 aromatic carbocycles. The predicted octanol–water partition coefficient (Wildman–Crippen LogP) is 3.37. The average molecular weight is 333 g/mol. The molecule has 0 aliphatic rings. The first-order valence-electron chi connectivity index (χ1n) is 6.36.